The Balaban J connectivity index is 1.58. The van der Waals surface area contributed by atoms with Crippen molar-refractivity contribution >= 4 is 11.7 Å². The van der Waals surface area contributed by atoms with Gasteiger partial charge in [-0.15, -0.1) is 0 Å². The molecule has 1 aliphatic rings. The fraction of sp³-hybridized carbons (Fsp3) is 0.391. The van der Waals surface area contributed by atoms with Crippen LogP contribution in [-0.2, 0) is 17.6 Å². The number of hydrogen-bond acceptors (Lipinski definition) is 3. The Bertz CT molecular complexity index is 769. The second kappa shape index (κ2) is 9.36. The van der Waals surface area contributed by atoms with E-state index in [1.165, 1.54) is 5.56 Å². The van der Waals surface area contributed by atoms with Crippen LogP contribution in [0.15, 0.2) is 59.6 Å². The number of carbonyl (C=O) groups is 1. The summed E-state index contributed by atoms with van der Waals surface area (Å²) in [6, 6.07) is 17.4. The van der Waals surface area contributed by atoms with Crippen molar-refractivity contribution in [1.29, 1.82) is 0 Å². The first-order chi connectivity index (χ1) is 13.2. The number of benzene rings is 2. The summed E-state index contributed by atoms with van der Waals surface area (Å²) in [5, 5.41) is 9.41. The van der Waals surface area contributed by atoms with Gasteiger partial charge in [-0.05, 0) is 55.4 Å². The van der Waals surface area contributed by atoms with Crippen molar-refractivity contribution in [3.8, 4) is 5.75 Å². The van der Waals surface area contributed by atoms with Gasteiger partial charge in [-0.3, -0.25) is 14.7 Å². The van der Waals surface area contributed by atoms with Crippen LogP contribution in [0.5, 0.6) is 5.75 Å². The monoisotopic (exact) mass is 364 g/mol. The van der Waals surface area contributed by atoms with E-state index < -0.39 is 0 Å². The lowest BCUT2D eigenvalue weighted by molar-refractivity contribution is -0.127. The molecular formula is C23H28N2O2. The van der Waals surface area contributed by atoms with E-state index >= 15 is 0 Å². The zero-order valence-electron chi connectivity index (χ0n) is 16.0. The summed E-state index contributed by atoms with van der Waals surface area (Å²) < 4.78 is 0. The molecule has 0 radical (unpaired) electrons. The number of amides is 1. The summed E-state index contributed by atoms with van der Waals surface area (Å²) in [4.78, 5) is 19.4. The van der Waals surface area contributed by atoms with Crippen LogP contribution in [0.25, 0.3) is 0 Å². The van der Waals surface area contributed by atoms with Crippen molar-refractivity contribution in [2.75, 3.05) is 6.54 Å². The smallest absolute Gasteiger partial charge is 0.252 e. The summed E-state index contributed by atoms with van der Waals surface area (Å²) in [7, 11) is 0. The minimum absolute atomic E-state index is 0.158. The van der Waals surface area contributed by atoms with E-state index in [9.17, 15) is 9.90 Å². The third-order valence-electron chi connectivity index (χ3n) is 4.97. The van der Waals surface area contributed by atoms with E-state index in [0.29, 0.717) is 0 Å². The molecule has 3 rings (SSSR count). The molecule has 27 heavy (non-hydrogen) atoms. The fourth-order valence-corrected chi connectivity index (χ4v) is 3.53. The first-order valence-corrected chi connectivity index (χ1v) is 9.87. The number of amidine groups is 1. The average Bonchev–Trinajstić information content (AvgIpc) is 2.98. The molecule has 2 aromatic carbocycles. The topological polar surface area (TPSA) is 52.9 Å². The second-order valence-electron chi connectivity index (χ2n) is 7.10. The maximum absolute atomic E-state index is 12.8. The van der Waals surface area contributed by atoms with Crippen molar-refractivity contribution in [2.45, 2.75) is 51.5 Å². The molecule has 0 saturated carbocycles. The van der Waals surface area contributed by atoms with Crippen LogP contribution >= 0.6 is 0 Å². The van der Waals surface area contributed by atoms with E-state index in [2.05, 4.69) is 31.2 Å². The lowest BCUT2D eigenvalue weighted by Gasteiger charge is -2.18. The molecule has 4 nitrogen and oxygen atoms in total. The third-order valence-corrected chi connectivity index (χ3v) is 4.97. The van der Waals surface area contributed by atoms with E-state index in [0.717, 1.165) is 56.5 Å². The predicted molar refractivity (Wildman–Crippen MR) is 109 cm³/mol. The van der Waals surface area contributed by atoms with Crippen LogP contribution < -0.4 is 0 Å². The Morgan fingerprint density at radius 1 is 0.963 bits per heavy atom. The Morgan fingerprint density at radius 2 is 1.67 bits per heavy atom. The Morgan fingerprint density at radius 3 is 2.37 bits per heavy atom. The van der Waals surface area contributed by atoms with E-state index in [1.807, 2.05) is 23.1 Å². The van der Waals surface area contributed by atoms with Gasteiger partial charge in [0.05, 0.1) is 0 Å². The number of aryl methyl sites for hydroxylation is 2. The van der Waals surface area contributed by atoms with Gasteiger partial charge in [-0.1, -0.05) is 49.4 Å². The lowest BCUT2D eigenvalue weighted by Crippen LogP contribution is -2.36. The predicted octanol–water partition coefficient (Wildman–Crippen LogP) is 4.37. The summed E-state index contributed by atoms with van der Waals surface area (Å²) in [6.45, 7) is 2.83. The highest BCUT2D eigenvalue weighted by atomic mass is 16.3. The van der Waals surface area contributed by atoms with Gasteiger partial charge in [0.1, 0.15) is 17.6 Å². The zero-order valence-corrected chi connectivity index (χ0v) is 16.0. The van der Waals surface area contributed by atoms with Gasteiger partial charge in [0, 0.05) is 13.0 Å². The standard InChI is InChI=1S/C23H28N2O2/c1-2-17-25-22(16-13-19-11-14-20(26)15-12-19)24-21(23(25)27)10-6-9-18-7-4-3-5-8-18/h3-5,7-8,11-12,14-15,21,26H,2,6,9-10,13,16-17H2,1H3. The first-order valence-electron chi connectivity index (χ1n) is 9.87. The molecule has 0 spiro atoms. The quantitative estimate of drug-likeness (QED) is 0.718. The van der Waals surface area contributed by atoms with Gasteiger partial charge in [0.25, 0.3) is 5.91 Å². The Labute approximate surface area is 161 Å². The van der Waals surface area contributed by atoms with Crippen LogP contribution in [-0.4, -0.2) is 34.3 Å². The highest BCUT2D eigenvalue weighted by Gasteiger charge is 2.32. The molecule has 1 N–H and O–H groups in total. The maximum Gasteiger partial charge on any atom is 0.252 e. The summed E-state index contributed by atoms with van der Waals surface area (Å²) in [6.07, 6.45) is 5.26. The second-order valence-corrected chi connectivity index (χ2v) is 7.10. The zero-order chi connectivity index (χ0) is 19.1. The van der Waals surface area contributed by atoms with Crippen LogP contribution in [0.1, 0.15) is 43.7 Å². The van der Waals surface area contributed by atoms with Crippen molar-refractivity contribution < 1.29 is 9.90 Å². The SMILES string of the molecule is CCCN1C(=O)C(CCCc2ccccc2)N=C1CCc1ccc(O)cc1. The molecule has 0 bridgehead atoms. The van der Waals surface area contributed by atoms with Gasteiger partial charge in [-0.2, -0.15) is 0 Å². The largest absolute Gasteiger partial charge is 0.508 e. The highest BCUT2D eigenvalue weighted by Crippen LogP contribution is 2.21. The number of aliphatic imine (C=N–C) groups is 1. The van der Waals surface area contributed by atoms with Crippen molar-refractivity contribution in [3.63, 3.8) is 0 Å². The normalized spacial score (nSPS) is 16.6. The van der Waals surface area contributed by atoms with Crippen LogP contribution in [0.4, 0.5) is 0 Å². The minimum Gasteiger partial charge on any atom is -0.508 e. The van der Waals surface area contributed by atoms with E-state index in [1.54, 1.807) is 12.1 Å². The Kier molecular flexibility index (Phi) is 6.64. The number of phenolic OH excluding ortho intramolecular Hbond substituents is 1. The van der Waals surface area contributed by atoms with Gasteiger partial charge in [0.2, 0.25) is 0 Å². The lowest BCUT2D eigenvalue weighted by atomic mass is 10.0. The van der Waals surface area contributed by atoms with Crippen molar-refractivity contribution in [1.82, 2.24) is 4.90 Å². The van der Waals surface area contributed by atoms with Crippen LogP contribution in [0.3, 0.4) is 0 Å². The molecule has 0 aliphatic carbocycles. The minimum atomic E-state index is -0.227. The maximum atomic E-state index is 12.8. The van der Waals surface area contributed by atoms with Crippen LogP contribution in [0.2, 0.25) is 0 Å². The van der Waals surface area contributed by atoms with Gasteiger partial charge < -0.3 is 5.11 Å². The number of rotatable bonds is 9. The highest BCUT2D eigenvalue weighted by molar-refractivity contribution is 6.05. The molecule has 1 heterocycles. The Hall–Kier alpha value is -2.62. The molecular weight excluding hydrogens is 336 g/mol. The molecule has 1 atom stereocenters. The number of nitrogens with zero attached hydrogens (tertiary/aromatic N) is 2. The fourth-order valence-electron chi connectivity index (χ4n) is 3.53. The van der Waals surface area contributed by atoms with Gasteiger partial charge in [-0.25, -0.2) is 0 Å². The van der Waals surface area contributed by atoms with Crippen molar-refractivity contribution in [2.24, 2.45) is 4.99 Å². The molecule has 1 unspecified atom stereocenters. The molecule has 4 heteroatoms. The molecule has 2 aromatic rings. The molecule has 142 valence electrons. The number of aromatic hydroxyl groups is 1. The molecule has 1 amide bonds. The summed E-state index contributed by atoms with van der Waals surface area (Å²) in [5.74, 6) is 1.35. The first kappa shape index (κ1) is 19.2. The molecule has 1 aliphatic heterocycles. The number of hydrogen-bond donors (Lipinski definition) is 1. The van der Waals surface area contributed by atoms with E-state index in [4.69, 9.17) is 4.99 Å². The third kappa shape index (κ3) is 5.19. The van der Waals surface area contributed by atoms with E-state index in [-0.39, 0.29) is 17.7 Å². The van der Waals surface area contributed by atoms with Crippen molar-refractivity contribution in [3.05, 3.63) is 65.7 Å². The average molecular weight is 364 g/mol. The number of phenols is 1. The summed E-state index contributed by atoms with van der Waals surface area (Å²) in [5.41, 5.74) is 2.46. The number of carbonyl (C=O) groups excluding carboxylic acids is 1. The molecule has 0 aromatic heterocycles. The summed E-state index contributed by atoms with van der Waals surface area (Å²) >= 11 is 0. The van der Waals surface area contributed by atoms with Gasteiger partial charge >= 0.3 is 0 Å². The molecule has 0 fully saturated rings. The van der Waals surface area contributed by atoms with Crippen LogP contribution in [0, 0.1) is 0 Å². The van der Waals surface area contributed by atoms with Gasteiger partial charge in [0.15, 0.2) is 0 Å². The molecule has 0 saturated heterocycles.